The summed E-state index contributed by atoms with van der Waals surface area (Å²) in [4.78, 5) is 16.6. The van der Waals surface area contributed by atoms with Crippen molar-refractivity contribution in [3.05, 3.63) is 29.3 Å². The van der Waals surface area contributed by atoms with Gasteiger partial charge in [0, 0.05) is 19.8 Å². The lowest BCUT2D eigenvalue weighted by atomic mass is 10.1. The van der Waals surface area contributed by atoms with Crippen LogP contribution in [0.25, 0.3) is 0 Å². The molecule has 3 N–H and O–H groups in total. The predicted molar refractivity (Wildman–Crippen MR) is 70.4 cm³/mol. The minimum absolute atomic E-state index is 0.168. The van der Waals surface area contributed by atoms with Gasteiger partial charge in [-0.15, -0.1) is 0 Å². The van der Waals surface area contributed by atoms with E-state index in [-0.39, 0.29) is 5.96 Å². The van der Waals surface area contributed by atoms with Crippen LogP contribution in [0, 0.1) is 13.8 Å². The molecule has 17 heavy (non-hydrogen) atoms. The van der Waals surface area contributed by atoms with Crippen LogP contribution in [0.1, 0.15) is 11.1 Å². The first kappa shape index (κ1) is 13.0. The van der Waals surface area contributed by atoms with Crippen molar-refractivity contribution in [2.75, 3.05) is 19.0 Å². The summed E-state index contributed by atoms with van der Waals surface area (Å²) in [6, 6.07) is 5.51. The van der Waals surface area contributed by atoms with Crippen LogP contribution >= 0.6 is 0 Å². The number of aliphatic imine (C=N–C) groups is 1. The van der Waals surface area contributed by atoms with Crippen LogP contribution < -0.4 is 16.0 Å². The summed E-state index contributed by atoms with van der Waals surface area (Å²) < 4.78 is 0. The second kappa shape index (κ2) is 5.34. The maximum Gasteiger partial charge on any atom is 0.343 e. The van der Waals surface area contributed by atoms with Gasteiger partial charge in [0.25, 0.3) is 0 Å². The number of nitrogens with zero attached hydrogens (tertiary/aromatic N) is 2. The van der Waals surface area contributed by atoms with Gasteiger partial charge in [0.2, 0.25) is 5.96 Å². The number of rotatable bonds is 1. The zero-order valence-electron chi connectivity index (χ0n) is 10.6. The number of nitrogens with one attached hydrogen (secondary N) is 1. The van der Waals surface area contributed by atoms with Crippen LogP contribution in [0.2, 0.25) is 0 Å². The van der Waals surface area contributed by atoms with E-state index >= 15 is 0 Å². The number of anilines is 1. The summed E-state index contributed by atoms with van der Waals surface area (Å²) in [5, 5.41) is 2.40. The number of nitrogens with two attached hydrogens (primary N) is 1. The van der Waals surface area contributed by atoms with E-state index in [0.29, 0.717) is 0 Å². The van der Waals surface area contributed by atoms with E-state index in [2.05, 4.69) is 10.3 Å². The van der Waals surface area contributed by atoms with Gasteiger partial charge in [-0.3, -0.25) is 0 Å². The number of hydrogen-bond acceptors (Lipinski definition) is 1. The van der Waals surface area contributed by atoms with Gasteiger partial charge < -0.3 is 16.0 Å². The molecule has 0 aliphatic carbocycles. The lowest BCUT2D eigenvalue weighted by Gasteiger charge is -2.22. The van der Waals surface area contributed by atoms with Crippen LogP contribution in [0.3, 0.4) is 0 Å². The second-order valence-electron chi connectivity index (χ2n) is 3.82. The largest absolute Gasteiger partial charge is 0.369 e. The Hall–Kier alpha value is -2.04. The van der Waals surface area contributed by atoms with Crippen molar-refractivity contribution in [2.24, 2.45) is 10.7 Å². The Labute approximate surface area is 101 Å². The molecule has 0 spiro atoms. The van der Waals surface area contributed by atoms with Crippen LogP contribution in [0.15, 0.2) is 23.2 Å². The Kier molecular flexibility index (Phi) is 4.09. The van der Waals surface area contributed by atoms with E-state index in [9.17, 15) is 4.79 Å². The van der Waals surface area contributed by atoms with Crippen molar-refractivity contribution in [2.45, 2.75) is 13.8 Å². The SMILES string of the molecule is CNC(=O)/N=C(/N)N(C)c1c(C)cccc1C. The molecule has 0 saturated heterocycles. The van der Waals surface area contributed by atoms with Gasteiger partial charge in [0.15, 0.2) is 0 Å². The van der Waals surface area contributed by atoms with E-state index in [0.717, 1.165) is 16.8 Å². The molecule has 0 aliphatic heterocycles. The molecule has 1 aromatic carbocycles. The van der Waals surface area contributed by atoms with Gasteiger partial charge in [-0.2, -0.15) is 4.99 Å². The van der Waals surface area contributed by atoms with Crippen molar-refractivity contribution < 1.29 is 4.79 Å². The zero-order chi connectivity index (χ0) is 13.0. The van der Waals surface area contributed by atoms with Gasteiger partial charge in [-0.25, -0.2) is 4.79 Å². The molecule has 2 amide bonds. The van der Waals surface area contributed by atoms with Gasteiger partial charge in [0.05, 0.1) is 0 Å². The average Bonchev–Trinajstić information content (AvgIpc) is 2.28. The number of hydrogen-bond donors (Lipinski definition) is 2. The van der Waals surface area contributed by atoms with Crippen molar-refractivity contribution in [3.63, 3.8) is 0 Å². The van der Waals surface area contributed by atoms with Crippen molar-refractivity contribution >= 4 is 17.7 Å². The first-order valence-corrected chi connectivity index (χ1v) is 5.33. The highest BCUT2D eigenvalue weighted by Gasteiger charge is 2.11. The maximum atomic E-state index is 11.1. The average molecular weight is 234 g/mol. The van der Waals surface area contributed by atoms with Crippen LogP contribution in [0.5, 0.6) is 0 Å². The molecule has 0 aromatic heterocycles. The monoisotopic (exact) mass is 234 g/mol. The first-order valence-electron chi connectivity index (χ1n) is 5.33. The minimum atomic E-state index is -0.458. The van der Waals surface area contributed by atoms with Crippen LogP contribution in [-0.2, 0) is 0 Å². The van der Waals surface area contributed by atoms with Gasteiger partial charge in [0.1, 0.15) is 0 Å². The highest BCUT2D eigenvalue weighted by atomic mass is 16.2. The second-order valence-corrected chi connectivity index (χ2v) is 3.82. The fourth-order valence-electron chi connectivity index (χ4n) is 1.68. The Morgan fingerprint density at radius 2 is 1.88 bits per heavy atom. The quantitative estimate of drug-likeness (QED) is 0.570. The maximum absolute atomic E-state index is 11.1. The molecule has 0 saturated carbocycles. The molecule has 5 nitrogen and oxygen atoms in total. The summed E-state index contributed by atoms with van der Waals surface area (Å²) in [5.74, 6) is 0.168. The molecule has 0 aliphatic rings. The fourth-order valence-corrected chi connectivity index (χ4v) is 1.68. The van der Waals surface area contributed by atoms with Gasteiger partial charge in [-0.05, 0) is 25.0 Å². The Bertz CT molecular complexity index is 434. The van der Waals surface area contributed by atoms with Gasteiger partial charge in [-0.1, -0.05) is 18.2 Å². The summed E-state index contributed by atoms with van der Waals surface area (Å²) in [7, 11) is 3.30. The summed E-state index contributed by atoms with van der Waals surface area (Å²) in [6.45, 7) is 3.98. The molecule has 0 radical (unpaired) electrons. The van der Waals surface area contributed by atoms with Crippen molar-refractivity contribution in [3.8, 4) is 0 Å². The zero-order valence-corrected chi connectivity index (χ0v) is 10.6. The van der Waals surface area contributed by atoms with E-state index < -0.39 is 6.03 Å². The third-order valence-corrected chi connectivity index (χ3v) is 2.55. The van der Waals surface area contributed by atoms with E-state index in [1.807, 2.05) is 32.0 Å². The number of amides is 2. The fraction of sp³-hybridized carbons (Fsp3) is 0.333. The molecule has 1 rings (SSSR count). The third-order valence-electron chi connectivity index (χ3n) is 2.55. The molecule has 92 valence electrons. The number of guanidine groups is 1. The highest BCUT2D eigenvalue weighted by molar-refractivity contribution is 6.01. The topological polar surface area (TPSA) is 70.7 Å². The molecule has 5 heteroatoms. The molecule has 1 aromatic rings. The molecule has 0 atom stereocenters. The summed E-state index contributed by atoms with van der Waals surface area (Å²) >= 11 is 0. The minimum Gasteiger partial charge on any atom is -0.369 e. The van der Waals surface area contributed by atoms with Crippen molar-refractivity contribution in [1.82, 2.24) is 5.32 Å². The number of benzene rings is 1. The summed E-state index contributed by atoms with van der Waals surface area (Å²) in [6.07, 6.45) is 0. The standard InChI is InChI=1S/C12H18N4O/c1-8-6-5-7-9(2)10(8)16(4)11(13)15-12(17)14-3/h5-7H,1-4H3,(H3,13,14,15,17). The number of para-hydroxylation sites is 1. The molecule has 0 fully saturated rings. The Morgan fingerprint density at radius 1 is 1.35 bits per heavy atom. The third kappa shape index (κ3) is 2.96. The molecule has 0 unspecified atom stereocenters. The number of carbonyl (C=O) groups excluding carboxylic acids is 1. The smallest absolute Gasteiger partial charge is 0.343 e. The lowest BCUT2D eigenvalue weighted by Crippen LogP contribution is -2.36. The Morgan fingerprint density at radius 3 is 2.35 bits per heavy atom. The van der Waals surface area contributed by atoms with Crippen molar-refractivity contribution in [1.29, 1.82) is 0 Å². The lowest BCUT2D eigenvalue weighted by molar-refractivity contribution is 0.251. The van der Waals surface area contributed by atoms with E-state index in [4.69, 9.17) is 5.73 Å². The first-order chi connectivity index (χ1) is 7.97. The number of urea groups is 1. The normalized spacial score (nSPS) is 11.2. The van der Waals surface area contributed by atoms with Crippen LogP contribution in [0.4, 0.5) is 10.5 Å². The highest BCUT2D eigenvalue weighted by Crippen LogP contribution is 2.22. The predicted octanol–water partition coefficient (Wildman–Crippen LogP) is 1.39. The van der Waals surface area contributed by atoms with Gasteiger partial charge >= 0.3 is 6.03 Å². The molecule has 0 bridgehead atoms. The molecular weight excluding hydrogens is 216 g/mol. The van der Waals surface area contributed by atoms with E-state index in [1.165, 1.54) is 7.05 Å². The van der Waals surface area contributed by atoms with E-state index in [1.54, 1.807) is 11.9 Å². The number of carbonyl (C=O) groups is 1. The van der Waals surface area contributed by atoms with Crippen LogP contribution in [-0.4, -0.2) is 26.1 Å². The summed E-state index contributed by atoms with van der Waals surface area (Å²) in [5.41, 5.74) is 8.92. The molecule has 0 heterocycles. The Balaban J connectivity index is 3.08. The molecular formula is C12H18N4O. The number of aryl methyl sites for hydroxylation is 2.